The van der Waals surface area contributed by atoms with Crippen molar-refractivity contribution in [1.29, 1.82) is 0 Å². The fourth-order valence-corrected chi connectivity index (χ4v) is 3.11. The van der Waals surface area contributed by atoms with Crippen LogP contribution in [0.4, 0.5) is 0 Å². The molecule has 1 atom stereocenters. The van der Waals surface area contributed by atoms with E-state index >= 15 is 0 Å². The number of benzene rings is 3. The van der Waals surface area contributed by atoms with Crippen LogP contribution in [-0.4, -0.2) is 17.0 Å². The number of nitrogens with one attached hydrogen (secondary N) is 1. The van der Waals surface area contributed by atoms with E-state index in [0.29, 0.717) is 5.92 Å². The Hall–Kier alpha value is -0.609. The number of hydrogen-bond acceptors (Lipinski definition) is 0. The minimum atomic E-state index is 0. The normalized spacial score (nSPS) is 12.5. The molecule has 0 bridgehead atoms. The van der Waals surface area contributed by atoms with Crippen LogP contribution in [0.5, 0.6) is 0 Å². The van der Waals surface area contributed by atoms with Crippen LogP contribution in [-0.2, 0) is 21.7 Å². The van der Waals surface area contributed by atoms with Gasteiger partial charge in [0.25, 0.3) is 0 Å². The van der Waals surface area contributed by atoms with E-state index in [-0.39, 0.29) is 78.4 Å². The molecule has 0 saturated carbocycles. The average Bonchev–Trinajstić information content (AvgIpc) is 2.90. The van der Waals surface area contributed by atoms with Gasteiger partial charge in [-0.05, 0) is 22.3 Å². The third-order valence-corrected chi connectivity index (χ3v) is 3.93. The molecular formula is C23H31Cl2NSiTi-4. The first-order valence-corrected chi connectivity index (χ1v) is 7.84. The molecule has 1 nitrogen and oxygen atoms in total. The number of rotatable bonds is 0. The van der Waals surface area contributed by atoms with Gasteiger partial charge in [0.1, 0.15) is 0 Å². The summed E-state index contributed by atoms with van der Waals surface area (Å²) in [4.78, 5) is 0. The molecule has 4 rings (SSSR count). The van der Waals surface area contributed by atoms with Crippen LogP contribution in [0, 0.1) is 20.9 Å². The maximum absolute atomic E-state index is 6.58. The largest absolute Gasteiger partial charge is 2.00 e. The smallest absolute Gasteiger partial charge is 1.00 e. The second kappa shape index (κ2) is 15.3. The molecule has 0 radical (unpaired) electrons. The van der Waals surface area contributed by atoms with Crippen molar-refractivity contribution in [3.8, 4) is 0 Å². The van der Waals surface area contributed by atoms with Gasteiger partial charge in [-0.2, -0.15) is 0 Å². The van der Waals surface area contributed by atoms with Gasteiger partial charge in [0.05, 0.1) is 0 Å². The van der Waals surface area contributed by atoms with Crippen molar-refractivity contribution in [1.82, 2.24) is 0 Å². The first kappa shape index (κ1) is 34.9. The number of hydrogen-bond donors (Lipinski definition) is 0. The van der Waals surface area contributed by atoms with Gasteiger partial charge in [-0.15, -0.1) is 46.6 Å². The van der Waals surface area contributed by atoms with Crippen LogP contribution >= 0.6 is 0 Å². The standard InChI is InChI=1S/C18H13.C3H8N.2CH3.2ClH.H4Si.Ti/c1-12-10-11-17-15-8-3-2-6-13(15)14-7-4-5-9-16(14)18(12)17;1-3(2)4;;;;;;/h2-8,10-12H,1H3;3-4H,1-2H3;2*1H3;2*1H;1H4;/q4*-1;;;;+2/p-2. The van der Waals surface area contributed by atoms with E-state index in [1.54, 1.807) is 0 Å². The van der Waals surface area contributed by atoms with Crippen molar-refractivity contribution in [2.75, 3.05) is 0 Å². The Balaban J connectivity index is -0.000000267. The van der Waals surface area contributed by atoms with Gasteiger partial charge in [0.15, 0.2) is 0 Å². The molecule has 154 valence electrons. The maximum atomic E-state index is 6.58. The molecule has 3 aromatic carbocycles. The monoisotopic (exact) mass is 467 g/mol. The fraction of sp³-hybridized carbons (Fsp3) is 0.217. The van der Waals surface area contributed by atoms with Crippen molar-refractivity contribution in [3.63, 3.8) is 0 Å². The topological polar surface area (TPSA) is 23.8 Å². The first-order valence-electron chi connectivity index (χ1n) is 7.84. The molecule has 1 aliphatic rings. The van der Waals surface area contributed by atoms with E-state index in [9.17, 15) is 0 Å². The summed E-state index contributed by atoms with van der Waals surface area (Å²) in [5, 5.41) is 5.30. The van der Waals surface area contributed by atoms with E-state index in [4.69, 9.17) is 5.73 Å². The summed E-state index contributed by atoms with van der Waals surface area (Å²) in [7, 11) is 0. The molecule has 1 N–H and O–H groups in total. The third kappa shape index (κ3) is 7.02. The van der Waals surface area contributed by atoms with Gasteiger partial charge in [0.2, 0.25) is 0 Å². The van der Waals surface area contributed by atoms with Crippen LogP contribution in [0.25, 0.3) is 33.4 Å². The van der Waals surface area contributed by atoms with Crippen LogP contribution < -0.4 is 24.8 Å². The molecular weight excluding hydrogens is 437 g/mol. The van der Waals surface area contributed by atoms with Gasteiger partial charge >= 0.3 is 21.7 Å². The zero-order valence-electron chi connectivity index (χ0n) is 16.6. The summed E-state index contributed by atoms with van der Waals surface area (Å²) in [6, 6.07) is 18.5. The van der Waals surface area contributed by atoms with Crippen LogP contribution in [0.1, 0.15) is 37.8 Å². The minimum absolute atomic E-state index is 0. The molecule has 0 fully saturated rings. The van der Waals surface area contributed by atoms with E-state index in [0.717, 1.165) is 0 Å². The van der Waals surface area contributed by atoms with Crippen LogP contribution in [0.2, 0.25) is 0 Å². The van der Waals surface area contributed by atoms with E-state index in [2.05, 4.69) is 61.5 Å². The Kier molecular flexibility index (Phi) is 19.0. The zero-order chi connectivity index (χ0) is 15.7. The van der Waals surface area contributed by atoms with E-state index in [1.807, 2.05) is 19.9 Å². The molecule has 0 aromatic heterocycles. The SMILES string of the molecule is CC(C)[NH-].CC1C=Cc2c1c1[c-]cccc1c1ccccc21.[CH3-].[CH3-].[Cl-].[Cl-].[SiH4].[Ti+2]. The van der Waals surface area contributed by atoms with Crippen molar-refractivity contribution >= 4 is 38.6 Å². The van der Waals surface area contributed by atoms with Crippen LogP contribution in [0.15, 0.2) is 48.5 Å². The molecule has 0 aliphatic heterocycles. The summed E-state index contributed by atoms with van der Waals surface area (Å²) < 4.78 is 0. The number of allylic oxidation sites excluding steroid dienone is 1. The Bertz CT molecular complexity index is 863. The summed E-state index contributed by atoms with van der Waals surface area (Å²) in [5.41, 5.74) is 9.40. The van der Waals surface area contributed by atoms with Gasteiger partial charge in [0, 0.05) is 0 Å². The van der Waals surface area contributed by atoms with E-state index < -0.39 is 0 Å². The molecule has 28 heavy (non-hydrogen) atoms. The minimum Gasteiger partial charge on any atom is -1.00 e. The summed E-state index contributed by atoms with van der Waals surface area (Å²) in [6.07, 6.45) is 4.56. The molecule has 1 unspecified atom stereocenters. The van der Waals surface area contributed by atoms with Crippen LogP contribution in [0.3, 0.4) is 0 Å². The molecule has 0 heterocycles. The van der Waals surface area contributed by atoms with Crippen molar-refractivity contribution in [3.05, 3.63) is 86.3 Å². The predicted octanol–water partition coefficient (Wildman–Crippen LogP) is -0.175. The van der Waals surface area contributed by atoms with Gasteiger partial charge < -0.3 is 45.4 Å². The van der Waals surface area contributed by atoms with Gasteiger partial charge in [-0.1, -0.05) is 68.1 Å². The summed E-state index contributed by atoms with van der Waals surface area (Å²) in [5.74, 6) is 0.491. The van der Waals surface area contributed by atoms with E-state index in [1.165, 1.54) is 32.7 Å². The molecule has 0 amide bonds. The second-order valence-electron chi connectivity index (χ2n) is 6.13. The zero-order valence-corrected chi connectivity index (χ0v) is 19.7. The Morgan fingerprint density at radius 1 is 0.929 bits per heavy atom. The summed E-state index contributed by atoms with van der Waals surface area (Å²) >= 11 is 0. The molecule has 0 spiro atoms. The fourth-order valence-electron chi connectivity index (χ4n) is 3.11. The number of fused-ring (bicyclic) bond motifs is 6. The second-order valence-corrected chi connectivity index (χ2v) is 6.13. The number of halogens is 2. The van der Waals surface area contributed by atoms with Gasteiger partial charge in [-0.3, -0.25) is 0 Å². The Morgan fingerprint density at radius 3 is 2.00 bits per heavy atom. The molecule has 5 heteroatoms. The molecule has 0 saturated heterocycles. The van der Waals surface area contributed by atoms with Gasteiger partial charge in [-0.25, -0.2) is 0 Å². The summed E-state index contributed by atoms with van der Waals surface area (Å²) in [6.45, 7) is 5.93. The molecule has 3 aromatic rings. The third-order valence-electron chi connectivity index (χ3n) is 3.93. The predicted molar refractivity (Wildman–Crippen MR) is 121 cm³/mol. The maximum Gasteiger partial charge on any atom is 2.00 e. The average molecular weight is 468 g/mol. The van der Waals surface area contributed by atoms with Crippen molar-refractivity contribution in [2.45, 2.75) is 32.7 Å². The van der Waals surface area contributed by atoms with Crippen molar-refractivity contribution < 1.29 is 46.5 Å². The Morgan fingerprint density at radius 2 is 1.43 bits per heavy atom. The Labute approximate surface area is 203 Å². The quantitative estimate of drug-likeness (QED) is 0.249. The first-order chi connectivity index (χ1) is 10.6. The van der Waals surface area contributed by atoms with Crippen molar-refractivity contribution in [2.24, 2.45) is 0 Å². The molecule has 1 aliphatic carbocycles.